The molecule has 11 aromatic carbocycles. The standard InChI is InChI=1S/C71H54N2/c1-47-26-34-58(35-27-47)72(59-36-29-50(30-37-59)57-33-41-64-63-40-28-48(2)42-66(63)71(3,4)67(64)46-57)60-38-31-51(32-39-60)62-23-13-25-69-70(62)65-22-8-9-24-68(65)73(69)61-21-12-20-56(45-61)55-19-11-18-54(44-55)53-17-10-16-52(43-53)49-14-6-5-7-15-49/h5-46H,1-4H3. The number of rotatable bonds is 9. The highest BCUT2D eigenvalue weighted by Gasteiger charge is 2.35. The van der Waals surface area contributed by atoms with Crippen molar-refractivity contribution in [2.24, 2.45) is 0 Å². The highest BCUT2D eigenvalue weighted by atomic mass is 15.1. The molecule has 1 aliphatic carbocycles. The van der Waals surface area contributed by atoms with Gasteiger partial charge in [-0.15, -0.1) is 0 Å². The second-order valence-corrected chi connectivity index (χ2v) is 20.3. The van der Waals surface area contributed by atoms with Gasteiger partial charge in [-0.2, -0.15) is 0 Å². The molecule has 0 fully saturated rings. The van der Waals surface area contributed by atoms with E-state index in [0.717, 1.165) is 22.7 Å². The first-order valence-electron chi connectivity index (χ1n) is 25.5. The molecule has 1 aromatic heterocycles. The third-order valence-electron chi connectivity index (χ3n) is 15.3. The zero-order valence-corrected chi connectivity index (χ0v) is 41.6. The maximum absolute atomic E-state index is 2.44. The smallest absolute Gasteiger partial charge is 0.0547 e. The molecule has 12 aromatic rings. The average Bonchev–Trinajstić information content (AvgIpc) is 3.90. The maximum atomic E-state index is 2.44. The fraction of sp³-hybridized carbons (Fsp3) is 0.0704. The molecule has 0 spiro atoms. The summed E-state index contributed by atoms with van der Waals surface area (Å²) in [6.07, 6.45) is 0. The van der Waals surface area contributed by atoms with Crippen LogP contribution >= 0.6 is 0 Å². The lowest BCUT2D eigenvalue weighted by Crippen LogP contribution is -2.15. The summed E-state index contributed by atoms with van der Waals surface area (Å²) in [7, 11) is 0. The van der Waals surface area contributed by atoms with E-state index in [4.69, 9.17) is 0 Å². The molecule has 0 atom stereocenters. The van der Waals surface area contributed by atoms with Gasteiger partial charge in [0.15, 0.2) is 0 Å². The van der Waals surface area contributed by atoms with Gasteiger partial charge in [-0.3, -0.25) is 0 Å². The van der Waals surface area contributed by atoms with Crippen molar-refractivity contribution in [3.05, 3.63) is 277 Å². The van der Waals surface area contributed by atoms with E-state index in [0.29, 0.717) is 0 Å². The number of aromatic nitrogens is 1. The Balaban J connectivity index is 0.836. The molecule has 1 heterocycles. The lowest BCUT2D eigenvalue weighted by atomic mass is 9.81. The number of hydrogen-bond acceptors (Lipinski definition) is 1. The molecule has 0 saturated heterocycles. The summed E-state index contributed by atoms with van der Waals surface area (Å²) in [4.78, 5) is 2.37. The minimum Gasteiger partial charge on any atom is -0.311 e. The van der Waals surface area contributed by atoms with Crippen LogP contribution in [-0.4, -0.2) is 4.57 Å². The van der Waals surface area contributed by atoms with Crippen molar-refractivity contribution in [3.63, 3.8) is 0 Å². The van der Waals surface area contributed by atoms with Crippen molar-refractivity contribution in [2.75, 3.05) is 4.90 Å². The third kappa shape index (κ3) is 7.75. The minimum absolute atomic E-state index is 0.0539. The summed E-state index contributed by atoms with van der Waals surface area (Å²) in [6.45, 7) is 9.06. The van der Waals surface area contributed by atoms with Crippen LogP contribution in [0.5, 0.6) is 0 Å². The van der Waals surface area contributed by atoms with Gasteiger partial charge in [0.05, 0.1) is 11.0 Å². The Kier molecular flexibility index (Phi) is 10.7. The highest BCUT2D eigenvalue weighted by Crippen LogP contribution is 2.50. The Morgan fingerprint density at radius 3 is 1.44 bits per heavy atom. The molecule has 73 heavy (non-hydrogen) atoms. The first-order valence-corrected chi connectivity index (χ1v) is 25.5. The topological polar surface area (TPSA) is 8.17 Å². The number of fused-ring (bicyclic) bond motifs is 6. The Bertz CT molecular complexity index is 4040. The van der Waals surface area contributed by atoms with Crippen LogP contribution in [0.2, 0.25) is 0 Å². The zero-order valence-electron chi connectivity index (χ0n) is 41.6. The largest absolute Gasteiger partial charge is 0.311 e. The lowest BCUT2D eigenvalue weighted by molar-refractivity contribution is 0.660. The minimum atomic E-state index is -0.0539. The van der Waals surface area contributed by atoms with E-state index in [1.54, 1.807) is 0 Å². The van der Waals surface area contributed by atoms with Crippen LogP contribution in [0.3, 0.4) is 0 Å². The average molecular weight is 935 g/mol. The van der Waals surface area contributed by atoms with E-state index in [1.165, 1.54) is 111 Å². The molecule has 1 aliphatic rings. The van der Waals surface area contributed by atoms with Crippen LogP contribution in [0.4, 0.5) is 17.1 Å². The third-order valence-corrected chi connectivity index (χ3v) is 15.3. The Labute approximate surface area is 428 Å². The zero-order chi connectivity index (χ0) is 49.2. The van der Waals surface area contributed by atoms with Crippen molar-refractivity contribution in [1.82, 2.24) is 4.57 Å². The van der Waals surface area contributed by atoms with Crippen LogP contribution in [0.15, 0.2) is 255 Å². The van der Waals surface area contributed by atoms with Crippen molar-refractivity contribution in [3.8, 4) is 72.4 Å². The van der Waals surface area contributed by atoms with Gasteiger partial charge in [-0.05, 0) is 171 Å². The van der Waals surface area contributed by atoms with Gasteiger partial charge in [0, 0.05) is 38.9 Å². The van der Waals surface area contributed by atoms with Gasteiger partial charge >= 0.3 is 0 Å². The summed E-state index contributed by atoms with van der Waals surface area (Å²) >= 11 is 0. The van der Waals surface area contributed by atoms with Crippen molar-refractivity contribution in [1.29, 1.82) is 0 Å². The Morgan fingerprint density at radius 1 is 0.315 bits per heavy atom. The molecule has 0 bridgehead atoms. The number of anilines is 3. The molecule has 0 radical (unpaired) electrons. The van der Waals surface area contributed by atoms with Crippen molar-refractivity contribution in [2.45, 2.75) is 33.1 Å². The van der Waals surface area contributed by atoms with Gasteiger partial charge in [-0.25, -0.2) is 0 Å². The van der Waals surface area contributed by atoms with Gasteiger partial charge in [0.2, 0.25) is 0 Å². The summed E-state index contributed by atoms with van der Waals surface area (Å²) in [5.41, 5.74) is 26.9. The SMILES string of the molecule is Cc1ccc(N(c2ccc(-c3ccc4c(c3)C(C)(C)c3cc(C)ccc3-4)cc2)c2ccc(-c3cccc4c3c3ccccc3n4-c3cccc(-c4cccc(-c5cccc(-c6ccccc6)c5)c4)c3)cc2)cc1. The number of benzene rings is 11. The predicted octanol–water partition coefficient (Wildman–Crippen LogP) is 19.5. The number of aryl methyl sites for hydroxylation is 2. The number of para-hydroxylation sites is 1. The first kappa shape index (κ1) is 44.0. The quantitative estimate of drug-likeness (QED) is 0.140. The fourth-order valence-electron chi connectivity index (χ4n) is 11.5. The van der Waals surface area contributed by atoms with Crippen LogP contribution in [0, 0.1) is 13.8 Å². The first-order chi connectivity index (χ1) is 35.7. The fourth-order valence-corrected chi connectivity index (χ4v) is 11.5. The summed E-state index contributed by atoms with van der Waals surface area (Å²) in [6, 6.07) is 94.0. The molecule has 2 heteroatoms. The van der Waals surface area contributed by atoms with Crippen molar-refractivity contribution < 1.29 is 0 Å². The monoisotopic (exact) mass is 934 g/mol. The van der Waals surface area contributed by atoms with Gasteiger partial charge in [0.1, 0.15) is 0 Å². The molecule has 2 nitrogen and oxygen atoms in total. The van der Waals surface area contributed by atoms with E-state index < -0.39 is 0 Å². The second-order valence-electron chi connectivity index (χ2n) is 20.3. The van der Waals surface area contributed by atoms with Crippen LogP contribution in [0.1, 0.15) is 36.1 Å². The molecular formula is C71H54N2. The molecule has 13 rings (SSSR count). The summed E-state index contributed by atoms with van der Waals surface area (Å²) < 4.78 is 2.44. The molecule has 0 unspecified atom stereocenters. The van der Waals surface area contributed by atoms with Crippen molar-refractivity contribution >= 4 is 38.9 Å². The molecule has 0 amide bonds. The number of hydrogen-bond donors (Lipinski definition) is 0. The normalized spacial score (nSPS) is 12.5. The molecule has 0 saturated carbocycles. The molecule has 0 aliphatic heterocycles. The van der Waals surface area contributed by atoms with Gasteiger partial charge in [-0.1, -0.05) is 201 Å². The molecule has 348 valence electrons. The lowest BCUT2D eigenvalue weighted by Gasteiger charge is -2.26. The van der Waals surface area contributed by atoms with E-state index in [1.807, 2.05) is 0 Å². The van der Waals surface area contributed by atoms with Crippen LogP contribution in [-0.2, 0) is 5.41 Å². The van der Waals surface area contributed by atoms with Gasteiger partial charge in [0.25, 0.3) is 0 Å². The second kappa shape index (κ2) is 17.7. The van der Waals surface area contributed by atoms with E-state index >= 15 is 0 Å². The summed E-state index contributed by atoms with van der Waals surface area (Å²) in [5, 5.41) is 2.48. The van der Waals surface area contributed by atoms with Crippen LogP contribution < -0.4 is 4.90 Å². The van der Waals surface area contributed by atoms with E-state index in [2.05, 4.69) is 292 Å². The van der Waals surface area contributed by atoms with E-state index in [-0.39, 0.29) is 5.41 Å². The predicted molar refractivity (Wildman–Crippen MR) is 310 cm³/mol. The Hall–Kier alpha value is -8.98. The highest BCUT2D eigenvalue weighted by molar-refractivity contribution is 6.16. The van der Waals surface area contributed by atoms with E-state index in [9.17, 15) is 0 Å². The van der Waals surface area contributed by atoms with Gasteiger partial charge < -0.3 is 9.47 Å². The summed E-state index contributed by atoms with van der Waals surface area (Å²) in [5.74, 6) is 0. The molecular weight excluding hydrogens is 881 g/mol. The maximum Gasteiger partial charge on any atom is 0.0547 e. The van der Waals surface area contributed by atoms with Crippen LogP contribution in [0.25, 0.3) is 94.3 Å². The molecule has 0 N–H and O–H groups in total. The Morgan fingerprint density at radius 2 is 0.767 bits per heavy atom. The number of nitrogens with zero attached hydrogens (tertiary/aromatic N) is 2.